The number of pyridine rings is 1. The molecular formula is C19H19N5O3S. The number of aromatic nitrogens is 4. The molecule has 0 unspecified atom stereocenters. The van der Waals surface area contributed by atoms with Gasteiger partial charge in [-0.05, 0) is 17.7 Å². The van der Waals surface area contributed by atoms with Gasteiger partial charge in [0.2, 0.25) is 5.91 Å². The van der Waals surface area contributed by atoms with Gasteiger partial charge >= 0.3 is 5.97 Å². The van der Waals surface area contributed by atoms with E-state index in [2.05, 4.69) is 25.2 Å². The third-order valence-electron chi connectivity index (χ3n) is 3.83. The summed E-state index contributed by atoms with van der Waals surface area (Å²) in [5.74, 6) is 0.0321. The fourth-order valence-corrected chi connectivity index (χ4v) is 3.21. The lowest BCUT2D eigenvalue weighted by Crippen LogP contribution is -2.31. The van der Waals surface area contributed by atoms with Crippen molar-refractivity contribution in [2.75, 3.05) is 19.4 Å². The van der Waals surface area contributed by atoms with E-state index in [1.165, 1.54) is 18.9 Å². The molecule has 144 valence electrons. The van der Waals surface area contributed by atoms with E-state index in [0.717, 1.165) is 11.1 Å². The normalized spacial score (nSPS) is 10.5. The molecule has 3 aromatic rings. The molecule has 0 saturated heterocycles. The Morgan fingerprint density at radius 2 is 1.86 bits per heavy atom. The average Bonchev–Trinajstić information content (AvgIpc) is 3.14. The maximum Gasteiger partial charge on any atom is 0.325 e. The second-order valence-corrected chi connectivity index (χ2v) is 6.70. The first-order chi connectivity index (χ1) is 13.7. The van der Waals surface area contributed by atoms with Crippen LogP contribution in [0.1, 0.15) is 5.56 Å². The Balaban J connectivity index is 1.78. The first kappa shape index (κ1) is 19.6. The molecule has 3 rings (SSSR count). The van der Waals surface area contributed by atoms with Crippen molar-refractivity contribution in [3.8, 4) is 11.4 Å². The summed E-state index contributed by atoms with van der Waals surface area (Å²) >= 11 is 1.26. The van der Waals surface area contributed by atoms with Gasteiger partial charge in [-0.25, -0.2) is 0 Å². The number of carbonyl (C=O) groups excluding carboxylic acids is 2. The quantitative estimate of drug-likeness (QED) is 0.457. The summed E-state index contributed by atoms with van der Waals surface area (Å²) in [4.78, 5) is 27.1. The monoisotopic (exact) mass is 397 g/mol. The number of nitrogens with one attached hydrogen (secondary N) is 1. The van der Waals surface area contributed by atoms with Crippen molar-refractivity contribution in [2.45, 2.75) is 11.7 Å². The van der Waals surface area contributed by atoms with Gasteiger partial charge in [-0.3, -0.25) is 19.1 Å². The molecule has 9 heteroatoms. The van der Waals surface area contributed by atoms with Gasteiger partial charge in [0.1, 0.15) is 6.54 Å². The Morgan fingerprint density at radius 3 is 2.57 bits per heavy atom. The van der Waals surface area contributed by atoms with Crippen LogP contribution in [0.2, 0.25) is 0 Å². The zero-order chi connectivity index (χ0) is 19.8. The van der Waals surface area contributed by atoms with Crippen LogP contribution in [0.25, 0.3) is 11.4 Å². The Kier molecular flexibility index (Phi) is 6.74. The minimum atomic E-state index is -0.495. The van der Waals surface area contributed by atoms with E-state index >= 15 is 0 Å². The predicted molar refractivity (Wildman–Crippen MR) is 105 cm³/mol. The van der Waals surface area contributed by atoms with E-state index < -0.39 is 5.97 Å². The number of hydrogen-bond donors (Lipinski definition) is 1. The Bertz CT molecular complexity index is 931. The van der Waals surface area contributed by atoms with Crippen LogP contribution in [0.15, 0.2) is 60.0 Å². The maximum atomic E-state index is 12.0. The molecule has 0 radical (unpaired) electrons. The van der Waals surface area contributed by atoms with Crippen molar-refractivity contribution in [1.29, 1.82) is 0 Å². The molecule has 2 heterocycles. The van der Waals surface area contributed by atoms with Crippen molar-refractivity contribution < 1.29 is 14.3 Å². The van der Waals surface area contributed by atoms with Crippen LogP contribution in [0.5, 0.6) is 0 Å². The van der Waals surface area contributed by atoms with Gasteiger partial charge in [0, 0.05) is 18.0 Å². The van der Waals surface area contributed by atoms with Crippen LogP contribution in [-0.2, 0) is 20.9 Å². The first-order valence-corrected chi connectivity index (χ1v) is 9.49. The second-order valence-electron chi connectivity index (χ2n) is 5.76. The van der Waals surface area contributed by atoms with Gasteiger partial charge in [-0.1, -0.05) is 42.1 Å². The van der Waals surface area contributed by atoms with Crippen LogP contribution in [0.3, 0.4) is 0 Å². The van der Waals surface area contributed by atoms with Crippen molar-refractivity contribution in [3.05, 3.63) is 60.4 Å². The van der Waals surface area contributed by atoms with Crippen LogP contribution >= 0.6 is 11.8 Å². The molecule has 1 amide bonds. The smallest absolute Gasteiger partial charge is 0.325 e. The summed E-state index contributed by atoms with van der Waals surface area (Å²) in [6.45, 7) is 0.409. The number of esters is 1. The largest absolute Gasteiger partial charge is 0.468 e. The highest BCUT2D eigenvalue weighted by atomic mass is 32.2. The van der Waals surface area contributed by atoms with Gasteiger partial charge < -0.3 is 10.1 Å². The van der Waals surface area contributed by atoms with Gasteiger partial charge in [-0.2, -0.15) is 0 Å². The fraction of sp³-hybridized carbons (Fsp3) is 0.211. The molecule has 0 aliphatic carbocycles. The molecule has 0 bridgehead atoms. The molecule has 1 N–H and O–H groups in total. The molecule has 0 aliphatic rings. The van der Waals surface area contributed by atoms with Gasteiger partial charge in [-0.15, -0.1) is 10.2 Å². The lowest BCUT2D eigenvalue weighted by Gasteiger charge is -2.10. The lowest BCUT2D eigenvalue weighted by molar-refractivity contribution is -0.140. The third-order valence-corrected chi connectivity index (χ3v) is 4.80. The molecule has 0 fully saturated rings. The zero-order valence-electron chi connectivity index (χ0n) is 15.2. The van der Waals surface area contributed by atoms with Crippen molar-refractivity contribution in [1.82, 2.24) is 25.1 Å². The summed E-state index contributed by atoms with van der Waals surface area (Å²) < 4.78 is 6.47. The average molecular weight is 397 g/mol. The number of ether oxygens (including phenoxy) is 1. The first-order valence-electron chi connectivity index (χ1n) is 8.51. The summed E-state index contributed by atoms with van der Waals surface area (Å²) in [5, 5.41) is 11.7. The molecular weight excluding hydrogens is 378 g/mol. The Labute approximate surface area is 166 Å². The van der Waals surface area contributed by atoms with Gasteiger partial charge in [0.25, 0.3) is 0 Å². The van der Waals surface area contributed by atoms with Crippen molar-refractivity contribution in [2.24, 2.45) is 0 Å². The number of amides is 1. The molecule has 0 spiro atoms. The highest BCUT2D eigenvalue weighted by Crippen LogP contribution is 2.24. The molecule has 28 heavy (non-hydrogen) atoms. The maximum absolute atomic E-state index is 12.0. The zero-order valence-corrected chi connectivity index (χ0v) is 16.1. The number of nitrogens with zero attached hydrogens (tertiary/aromatic N) is 4. The van der Waals surface area contributed by atoms with Crippen molar-refractivity contribution >= 4 is 23.6 Å². The molecule has 2 aromatic heterocycles. The highest BCUT2D eigenvalue weighted by Gasteiger charge is 2.16. The lowest BCUT2D eigenvalue weighted by atomic mass is 10.2. The third kappa shape index (κ3) is 5.17. The van der Waals surface area contributed by atoms with Crippen LogP contribution in [0, 0.1) is 0 Å². The minimum absolute atomic E-state index is 0.111. The van der Waals surface area contributed by atoms with E-state index in [9.17, 15) is 9.59 Å². The minimum Gasteiger partial charge on any atom is -0.468 e. The van der Waals surface area contributed by atoms with Gasteiger partial charge in [0.15, 0.2) is 11.0 Å². The second kappa shape index (κ2) is 9.65. The SMILES string of the molecule is COC(=O)CNC(=O)CSc1nnc(-c2ccncc2)n1Cc1ccccc1. The number of benzene rings is 1. The molecule has 8 nitrogen and oxygen atoms in total. The number of carbonyl (C=O) groups is 2. The number of rotatable bonds is 8. The highest BCUT2D eigenvalue weighted by molar-refractivity contribution is 7.99. The van der Waals surface area contributed by atoms with E-state index in [-0.39, 0.29) is 18.2 Å². The summed E-state index contributed by atoms with van der Waals surface area (Å²) in [6, 6.07) is 13.7. The van der Waals surface area contributed by atoms with Crippen molar-refractivity contribution in [3.63, 3.8) is 0 Å². The van der Waals surface area contributed by atoms with E-state index in [1.807, 2.05) is 47.0 Å². The summed E-state index contributed by atoms with van der Waals surface area (Å²) in [5.41, 5.74) is 1.98. The summed E-state index contributed by atoms with van der Waals surface area (Å²) in [6.07, 6.45) is 3.40. The van der Waals surface area contributed by atoms with Gasteiger partial charge in [0.05, 0.1) is 19.4 Å². The molecule has 1 aromatic carbocycles. The molecule has 0 aliphatic heterocycles. The van der Waals surface area contributed by atoms with Crippen LogP contribution in [0.4, 0.5) is 0 Å². The fourth-order valence-electron chi connectivity index (χ4n) is 2.44. The predicted octanol–water partition coefficient (Wildman–Crippen LogP) is 1.77. The number of thioether (sulfide) groups is 1. The van der Waals surface area contributed by atoms with E-state index in [4.69, 9.17) is 0 Å². The van der Waals surface area contributed by atoms with E-state index in [1.54, 1.807) is 12.4 Å². The van der Waals surface area contributed by atoms with E-state index in [0.29, 0.717) is 17.5 Å². The molecule has 0 saturated carbocycles. The van der Waals surface area contributed by atoms with Crippen LogP contribution < -0.4 is 5.32 Å². The number of hydrogen-bond acceptors (Lipinski definition) is 7. The standard InChI is InChI=1S/C19H19N5O3S/c1-27-17(26)11-21-16(25)13-28-19-23-22-18(15-7-9-20-10-8-15)24(19)12-14-5-3-2-4-6-14/h2-10H,11-13H2,1H3,(H,21,25). The molecule has 0 atom stereocenters. The Morgan fingerprint density at radius 1 is 1.11 bits per heavy atom. The van der Waals surface area contributed by atoms with Crippen LogP contribution in [-0.4, -0.2) is 51.0 Å². The summed E-state index contributed by atoms with van der Waals surface area (Å²) in [7, 11) is 1.27. The number of methoxy groups -OCH3 is 1. The Hall–Kier alpha value is -3.20. The topological polar surface area (TPSA) is 99.0 Å².